The number of aliphatic hydroxyl groups is 1. The van der Waals surface area contributed by atoms with E-state index in [0.29, 0.717) is 24.7 Å². The van der Waals surface area contributed by atoms with Gasteiger partial charge in [-0.25, -0.2) is 0 Å². The van der Waals surface area contributed by atoms with Crippen molar-refractivity contribution in [3.05, 3.63) is 65.6 Å². The molecule has 1 atom stereocenters. The third kappa shape index (κ3) is 3.00. The van der Waals surface area contributed by atoms with Gasteiger partial charge in [-0.2, -0.15) is 10.1 Å². The predicted molar refractivity (Wildman–Crippen MR) is 75.5 cm³/mol. The summed E-state index contributed by atoms with van der Waals surface area (Å²) in [5.41, 5.74) is 1.57. The largest absolute Gasteiger partial charge is 0.384 e. The summed E-state index contributed by atoms with van der Waals surface area (Å²) in [6.07, 6.45) is 3.47. The van der Waals surface area contributed by atoms with E-state index in [2.05, 4.69) is 15.2 Å². The lowest BCUT2D eigenvalue weighted by Crippen LogP contribution is -2.02. The number of aliphatic hydroxyl groups excluding tert-OH is 1. The molecular formula is C15H16N4O2. The Kier molecular flexibility index (Phi) is 3.79. The van der Waals surface area contributed by atoms with Crippen LogP contribution in [0.1, 0.15) is 35.9 Å². The maximum Gasteiger partial charge on any atom is 0.226 e. The Bertz CT molecular complexity index is 705. The van der Waals surface area contributed by atoms with Gasteiger partial charge in [0.1, 0.15) is 12.6 Å². The number of aromatic nitrogens is 4. The maximum atomic E-state index is 10.3. The van der Waals surface area contributed by atoms with Crippen molar-refractivity contribution in [1.29, 1.82) is 0 Å². The molecule has 0 aliphatic heterocycles. The normalized spacial score (nSPS) is 12.5. The molecule has 0 aliphatic carbocycles. The number of aryl methyl sites for hydroxylation is 1. The van der Waals surface area contributed by atoms with Gasteiger partial charge in [0.15, 0.2) is 5.82 Å². The van der Waals surface area contributed by atoms with Crippen LogP contribution in [0.4, 0.5) is 0 Å². The van der Waals surface area contributed by atoms with Crippen LogP contribution >= 0.6 is 0 Å². The quantitative estimate of drug-likeness (QED) is 0.775. The zero-order valence-electron chi connectivity index (χ0n) is 11.7. The zero-order valence-corrected chi connectivity index (χ0v) is 11.7. The highest BCUT2D eigenvalue weighted by Gasteiger charge is 2.13. The van der Waals surface area contributed by atoms with Crippen LogP contribution in [0, 0.1) is 0 Å². The molecule has 0 amide bonds. The smallest absolute Gasteiger partial charge is 0.226 e. The molecule has 3 aromatic rings. The Morgan fingerprint density at radius 2 is 2.05 bits per heavy atom. The van der Waals surface area contributed by atoms with Gasteiger partial charge in [-0.1, -0.05) is 42.4 Å². The SMILES string of the molecule is CCc1nc(Cn2cc(C(O)c3ccccc3)cn2)no1. The van der Waals surface area contributed by atoms with Crippen molar-refractivity contribution in [3.8, 4) is 0 Å². The van der Waals surface area contributed by atoms with E-state index >= 15 is 0 Å². The van der Waals surface area contributed by atoms with Crippen molar-refractivity contribution in [2.45, 2.75) is 26.0 Å². The Hall–Kier alpha value is -2.47. The maximum absolute atomic E-state index is 10.3. The number of nitrogens with zero attached hydrogens (tertiary/aromatic N) is 4. The van der Waals surface area contributed by atoms with Gasteiger partial charge in [-0.3, -0.25) is 4.68 Å². The highest BCUT2D eigenvalue weighted by atomic mass is 16.5. The summed E-state index contributed by atoms with van der Waals surface area (Å²) in [5, 5.41) is 18.4. The first kappa shape index (κ1) is 13.5. The van der Waals surface area contributed by atoms with Gasteiger partial charge in [0.25, 0.3) is 0 Å². The fourth-order valence-corrected chi connectivity index (χ4v) is 2.08. The number of benzene rings is 1. The first-order valence-corrected chi connectivity index (χ1v) is 6.83. The fourth-order valence-electron chi connectivity index (χ4n) is 2.08. The van der Waals surface area contributed by atoms with E-state index in [1.807, 2.05) is 37.3 Å². The average molecular weight is 284 g/mol. The Morgan fingerprint density at radius 3 is 2.76 bits per heavy atom. The van der Waals surface area contributed by atoms with E-state index in [1.165, 1.54) is 0 Å². The molecule has 0 bridgehead atoms. The van der Waals surface area contributed by atoms with Gasteiger partial charge in [0, 0.05) is 18.2 Å². The minimum Gasteiger partial charge on any atom is -0.384 e. The molecule has 2 aromatic heterocycles. The fraction of sp³-hybridized carbons (Fsp3) is 0.267. The molecule has 0 saturated heterocycles. The predicted octanol–water partition coefficient (Wildman–Crippen LogP) is 1.96. The van der Waals surface area contributed by atoms with Crippen LogP contribution in [0.5, 0.6) is 0 Å². The van der Waals surface area contributed by atoms with Crippen molar-refractivity contribution in [3.63, 3.8) is 0 Å². The third-order valence-electron chi connectivity index (χ3n) is 3.20. The molecule has 1 N–H and O–H groups in total. The van der Waals surface area contributed by atoms with Crippen LogP contribution in [0.15, 0.2) is 47.2 Å². The van der Waals surface area contributed by atoms with E-state index in [1.54, 1.807) is 17.1 Å². The van der Waals surface area contributed by atoms with Gasteiger partial charge in [-0.05, 0) is 5.56 Å². The standard InChI is InChI=1S/C15H16N4O2/c1-2-14-17-13(18-21-14)10-19-9-12(8-16-19)15(20)11-6-4-3-5-7-11/h3-9,15,20H,2,10H2,1H3. The van der Waals surface area contributed by atoms with E-state index < -0.39 is 6.10 Å². The summed E-state index contributed by atoms with van der Waals surface area (Å²) in [7, 11) is 0. The molecule has 1 unspecified atom stereocenters. The molecule has 2 heterocycles. The van der Waals surface area contributed by atoms with Crippen LogP contribution in [-0.4, -0.2) is 25.0 Å². The van der Waals surface area contributed by atoms with Gasteiger partial charge in [-0.15, -0.1) is 0 Å². The van der Waals surface area contributed by atoms with E-state index in [4.69, 9.17) is 4.52 Å². The monoisotopic (exact) mass is 284 g/mol. The summed E-state index contributed by atoms with van der Waals surface area (Å²) >= 11 is 0. The molecule has 0 aliphatic rings. The zero-order chi connectivity index (χ0) is 14.7. The second kappa shape index (κ2) is 5.88. The minimum atomic E-state index is -0.684. The highest BCUT2D eigenvalue weighted by molar-refractivity contribution is 5.26. The van der Waals surface area contributed by atoms with Gasteiger partial charge < -0.3 is 9.63 Å². The highest BCUT2D eigenvalue weighted by Crippen LogP contribution is 2.20. The van der Waals surface area contributed by atoms with E-state index in [-0.39, 0.29) is 0 Å². The molecule has 108 valence electrons. The van der Waals surface area contributed by atoms with Crippen molar-refractivity contribution in [1.82, 2.24) is 19.9 Å². The topological polar surface area (TPSA) is 77.0 Å². The number of rotatable bonds is 5. The van der Waals surface area contributed by atoms with Crippen molar-refractivity contribution in [2.24, 2.45) is 0 Å². The molecule has 0 fully saturated rings. The Morgan fingerprint density at radius 1 is 1.24 bits per heavy atom. The Labute approximate surface area is 122 Å². The van der Waals surface area contributed by atoms with Crippen LogP contribution in [0.2, 0.25) is 0 Å². The van der Waals surface area contributed by atoms with Gasteiger partial charge in [0.05, 0.1) is 6.20 Å². The molecule has 1 aromatic carbocycles. The summed E-state index contributed by atoms with van der Waals surface area (Å²) in [6.45, 7) is 2.38. The molecule has 21 heavy (non-hydrogen) atoms. The summed E-state index contributed by atoms with van der Waals surface area (Å²) in [5.74, 6) is 1.19. The van der Waals surface area contributed by atoms with Crippen LogP contribution in [0.3, 0.4) is 0 Å². The lowest BCUT2D eigenvalue weighted by Gasteiger charge is -2.07. The summed E-state index contributed by atoms with van der Waals surface area (Å²) in [4.78, 5) is 4.24. The van der Waals surface area contributed by atoms with Crippen molar-refractivity contribution >= 4 is 0 Å². The molecule has 3 rings (SSSR count). The summed E-state index contributed by atoms with van der Waals surface area (Å²) < 4.78 is 6.74. The molecule has 0 radical (unpaired) electrons. The van der Waals surface area contributed by atoms with E-state index in [0.717, 1.165) is 11.1 Å². The molecule has 6 nitrogen and oxygen atoms in total. The summed E-state index contributed by atoms with van der Waals surface area (Å²) in [6, 6.07) is 9.48. The molecule has 0 spiro atoms. The van der Waals surface area contributed by atoms with Gasteiger partial charge >= 0.3 is 0 Å². The third-order valence-corrected chi connectivity index (χ3v) is 3.20. The lowest BCUT2D eigenvalue weighted by molar-refractivity contribution is 0.220. The van der Waals surface area contributed by atoms with Crippen molar-refractivity contribution < 1.29 is 9.63 Å². The first-order chi connectivity index (χ1) is 10.3. The minimum absolute atomic E-state index is 0.422. The number of hydrogen-bond donors (Lipinski definition) is 1. The van der Waals surface area contributed by atoms with Crippen LogP contribution < -0.4 is 0 Å². The van der Waals surface area contributed by atoms with Crippen LogP contribution in [0.25, 0.3) is 0 Å². The molecular weight excluding hydrogens is 268 g/mol. The molecule has 6 heteroatoms. The second-order valence-electron chi connectivity index (χ2n) is 4.74. The number of hydrogen-bond acceptors (Lipinski definition) is 5. The van der Waals surface area contributed by atoms with Gasteiger partial charge in [0.2, 0.25) is 5.89 Å². The van der Waals surface area contributed by atoms with Crippen molar-refractivity contribution in [2.75, 3.05) is 0 Å². The lowest BCUT2D eigenvalue weighted by atomic mass is 10.1. The Balaban J connectivity index is 1.74. The second-order valence-corrected chi connectivity index (χ2v) is 4.74. The van der Waals surface area contributed by atoms with E-state index in [9.17, 15) is 5.11 Å². The first-order valence-electron chi connectivity index (χ1n) is 6.83. The van der Waals surface area contributed by atoms with Crippen LogP contribution in [-0.2, 0) is 13.0 Å². The molecule has 0 saturated carbocycles. The average Bonchev–Trinajstić information content (AvgIpc) is 3.17.